The van der Waals surface area contributed by atoms with Gasteiger partial charge >= 0.3 is 0 Å². The highest BCUT2D eigenvalue weighted by Gasteiger charge is 2.17. The van der Waals surface area contributed by atoms with Crippen molar-refractivity contribution >= 4 is 0 Å². The van der Waals surface area contributed by atoms with Gasteiger partial charge in [0.2, 0.25) is 0 Å². The quantitative estimate of drug-likeness (QED) is 0.0645. The first kappa shape index (κ1) is 36.0. The van der Waals surface area contributed by atoms with E-state index >= 15 is 0 Å². The van der Waals surface area contributed by atoms with Crippen molar-refractivity contribution in [3.8, 4) is 0 Å². The average molecular weight is 509 g/mol. The third-order valence-electron chi connectivity index (χ3n) is 8.87. The van der Waals surface area contributed by atoms with Crippen molar-refractivity contribution in [3.05, 3.63) is 0 Å². The van der Waals surface area contributed by atoms with Crippen molar-refractivity contribution in [2.45, 2.75) is 201 Å². The number of hydrogen-bond donors (Lipinski definition) is 0. The molecule has 0 aromatic heterocycles. The maximum Gasteiger partial charge on any atom is 0.0784 e. The van der Waals surface area contributed by atoms with Crippen LogP contribution in [0.4, 0.5) is 0 Å². The third-order valence-corrected chi connectivity index (χ3v) is 8.87. The van der Waals surface area contributed by atoms with Gasteiger partial charge in [-0.15, -0.1) is 0 Å². The lowest BCUT2D eigenvalue weighted by Gasteiger charge is -2.33. The minimum atomic E-state index is 1.32. The molecule has 0 unspecified atom stereocenters. The molecule has 1 heteroatoms. The second-order valence-corrected chi connectivity index (χ2v) is 12.6. The summed E-state index contributed by atoms with van der Waals surface area (Å²) in [5.74, 6) is 0. The van der Waals surface area contributed by atoms with Crippen molar-refractivity contribution < 1.29 is 4.48 Å². The molecule has 0 saturated heterocycles. The van der Waals surface area contributed by atoms with Gasteiger partial charge in [0, 0.05) is 0 Å². The molecule has 0 fully saturated rings. The Morgan fingerprint density at radius 3 is 0.667 bits per heavy atom. The van der Waals surface area contributed by atoms with Crippen LogP contribution in [0.25, 0.3) is 0 Å². The summed E-state index contributed by atoms with van der Waals surface area (Å²) < 4.78 is 1.32. The van der Waals surface area contributed by atoms with E-state index in [1.165, 1.54) is 204 Å². The Morgan fingerprint density at radius 2 is 0.472 bits per heavy atom. The molecule has 0 aromatic rings. The van der Waals surface area contributed by atoms with Crippen molar-refractivity contribution in [1.29, 1.82) is 0 Å². The third kappa shape index (κ3) is 27.0. The second kappa shape index (κ2) is 29.5. The van der Waals surface area contributed by atoms with Gasteiger partial charge in [-0.2, -0.15) is 0 Å². The van der Waals surface area contributed by atoms with E-state index in [-0.39, 0.29) is 0 Å². The predicted molar refractivity (Wildman–Crippen MR) is 167 cm³/mol. The SMILES string of the molecule is CCCCCCCCCCCCCCCC[N+](C)(CC)CCCCCCCCCCCCCCCC. The van der Waals surface area contributed by atoms with Crippen LogP contribution in [-0.2, 0) is 0 Å². The Balaban J connectivity index is 3.41. The zero-order valence-corrected chi connectivity index (χ0v) is 26.4. The van der Waals surface area contributed by atoms with E-state index in [4.69, 9.17) is 0 Å². The van der Waals surface area contributed by atoms with Crippen LogP contribution in [0.3, 0.4) is 0 Å². The molecule has 0 aliphatic heterocycles. The van der Waals surface area contributed by atoms with Gasteiger partial charge in [0.15, 0.2) is 0 Å². The molecule has 1 nitrogen and oxygen atoms in total. The Labute approximate surface area is 231 Å². The van der Waals surface area contributed by atoms with Gasteiger partial charge < -0.3 is 4.48 Å². The van der Waals surface area contributed by atoms with E-state index < -0.39 is 0 Å². The summed E-state index contributed by atoms with van der Waals surface area (Å²) in [6.07, 6.45) is 41.0. The molecular weight excluding hydrogens is 434 g/mol. The van der Waals surface area contributed by atoms with Crippen molar-refractivity contribution in [1.82, 2.24) is 0 Å². The lowest BCUT2D eigenvalue weighted by Crippen LogP contribution is -2.45. The Kier molecular flexibility index (Phi) is 29.5. The van der Waals surface area contributed by atoms with Crippen molar-refractivity contribution in [3.63, 3.8) is 0 Å². The van der Waals surface area contributed by atoms with Gasteiger partial charge in [-0.05, 0) is 32.6 Å². The minimum absolute atomic E-state index is 1.32. The Bertz CT molecular complexity index is 358. The Hall–Kier alpha value is -0.0400. The van der Waals surface area contributed by atoms with Crippen LogP contribution >= 0.6 is 0 Å². The number of quaternary nitrogens is 1. The molecule has 0 heterocycles. The van der Waals surface area contributed by atoms with E-state index in [0.29, 0.717) is 0 Å². The maximum absolute atomic E-state index is 2.52. The van der Waals surface area contributed by atoms with Gasteiger partial charge in [0.1, 0.15) is 0 Å². The molecule has 0 bridgehead atoms. The van der Waals surface area contributed by atoms with Crippen LogP contribution in [-0.4, -0.2) is 31.2 Å². The fourth-order valence-corrected chi connectivity index (χ4v) is 5.80. The largest absolute Gasteiger partial charge is 0.326 e. The Morgan fingerprint density at radius 1 is 0.278 bits per heavy atom. The van der Waals surface area contributed by atoms with Crippen LogP contribution in [0.15, 0.2) is 0 Å². The summed E-state index contributed by atoms with van der Waals surface area (Å²) in [7, 11) is 2.52. The number of nitrogens with zero attached hydrogens (tertiary/aromatic N) is 1. The highest BCUT2D eigenvalue weighted by molar-refractivity contribution is 4.52. The normalized spacial score (nSPS) is 12.0. The van der Waals surface area contributed by atoms with Crippen LogP contribution in [0.1, 0.15) is 201 Å². The molecule has 0 spiro atoms. The summed E-state index contributed by atoms with van der Waals surface area (Å²) in [5, 5.41) is 0. The number of unbranched alkanes of at least 4 members (excludes halogenated alkanes) is 26. The van der Waals surface area contributed by atoms with Crippen molar-refractivity contribution in [2.75, 3.05) is 26.7 Å². The molecule has 0 rings (SSSR count). The molecule has 0 radical (unpaired) electrons. The van der Waals surface area contributed by atoms with Crippen LogP contribution in [0.5, 0.6) is 0 Å². The fourth-order valence-electron chi connectivity index (χ4n) is 5.80. The first-order valence-corrected chi connectivity index (χ1v) is 17.5. The molecule has 0 amide bonds. The highest BCUT2D eigenvalue weighted by atomic mass is 15.3. The summed E-state index contributed by atoms with van der Waals surface area (Å²) in [5.41, 5.74) is 0. The summed E-state index contributed by atoms with van der Waals surface area (Å²) in [6, 6.07) is 0. The molecule has 0 N–H and O–H groups in total. The molecule has 0 aromatic carbocycles. The monoisotopic (exact) mass is 509 g/mol. The predicted octanol–water partition coefficient (Wildman–Crippen LogP) is 12.4. The fraction of sp³-hybridized carbons (Fsp3) is 1.00. The van der Waals surface area contributed by atoms with E-state index in [2.05, 4.69) is 27.8 Å². The zero-order valence-electron chi connectivity index (χ0n) is 26.4. The molecule has 218 valence electrons. The smallest absolute Gasteiger partial charge is 0.0784 e. The van der Waals surface area contributed by atoms with E-state index in [1.54, 1.807) is 0 Å². The van der Waals surface area contributed by atoms with Gasteiger partial charge in [-0.3, -0.25) is 0 Å². The van der Waals surface area contributed by atoms with E-state index in [1.807, 2.05) is 0 Å². The van der Waals surface area contributed by atoms with Crippen LogP contribution in [0.2, 0.25) is 0 Å². The lowest BCUT2D eigenvalue weighted by atomic mass is 10.0. The molecule has 0 aliphatic carbocycles. The van der Waals surface area contributed by atoms with E-state index in [0.717, 1.165) is 0 Å². The highest BCUT2D eigenvalue weighted by Crippen LogP contribution is 2.16. The zero-order chi connectivity index (χ0) is 26.4. The van der Waals surface area contributed by atoms with Crippen molar-refractivity contribution in [2.24, 2.45) is 0 Å². The molecule has 0 aliphatic rings. The van der Waals surface area contributed by atoms with E-state index in [9.17, 15) is 0 Å². The first-order valence-electron chi connectivity index (χ1n) is 17.5. The lowest BCUT2D eigenvalue weighted by molar-refractivity contribution is -0.908. The molecule has 0 saturated carbocycles. The first-order chi connectivity index (χ1) is 17.7. The van der Waals surface area contributed by atoms with Gasteiger partial charge in [0.05, 0.1) is 26.7 Å². The number of rotatable bonds is 31. The van der Waals surface area contributed by atoms with Gasteiger partial charge in [-0.1, -0.05) is 168 Å². The number of hydrogen-bond acceptors (Lipinski definition) is 0. The molecule has 36 heavy (non-hydrogen) atoms. The standard InChI is InChI=1S/C35H74N/c1-5-8-10-12-14-16-18-20-22-24-26-28-30-32-34-36(4,7-3)35-33-31-29-27-25-23-21-19-17-15-13-11-9-6-2/h5-35H2,1-4H3/q+1. The molecule has 0 atom stereocenters. The van der Waals surface area contributed by atoms with Crippen LogP contribution in [0, 0.1) is 0 Å². The molecular formula is C35H74N+. The topological polar surface area (TPSA) is 0 Å². The summed E-state index contributed by atoms with van der Waals surface area (Å²) in [6.45, 7) is 11.2. The van der Waals surface area contributed by atoms with Gasteiger partial charge in [0.25, 0.3) is 0 Å². The summed E-state index contributed by atoms with van der Waals surface area (Å²) >= 11 is 0. The minimum Gasteiger partial charge on any atom is -0.326 e. The average Bonchev–Trinajstić information content (AvgIpc) is 2.89. The maximum atomic E-state index is 2.52. The van der Waals surface area contributed by atoms with Crippen LogP contribution < -0.4 is 0 Å². The second-order valence-electron chi connectivity index (χ2n) is 12.6. The van der Waals surface area contributed by atoms with Gasteiger partial charge in [-0.25, -0.2) is 0 Å². The summed E-state index contributed by atoms with van der Waals surface area (Å²) in [4.78, 5) is 0.